The van der Waals surface area contributed by atoms with Crippen molar-refractivity contribution in [3.05, 3.63) is 23.7 Å². The molecule has 7 heteroatoms. The molecule has 0 aliphatic rings. The molecule has 0 saturated heterocycles. The summed E-state index contributed by atoms with van der Waals surface area (Å²) in [6, 6.07) is 3.58. The van der Waals surface area contributed by atoms with Crippen molar-refractivity contribution < 1.29 is 4.74 Å². The molecular weight excluding hydrogens is 232 g/mol. The maximum Gasteiger partial charge on any atom is 0.158 e. The summed E-state index contributed by atoms with van der Waals surface area (Å²) in [5.41, 5.74) is 6.76. The Bertz CT molecular complexity index is 531. The highest BCUT2D eigenvalue weighted by molar-refractivity contribution is 5.55. The minimum Gasteiger partial charge on any atom is -0.384 e. The molecule has 0 atom stereocenters. The third kappa shape index (κ3) is 2.75. The van der Waals surface area contributed by atoms with Crippen molar-refractivity contribution in [2.24, 2.45) is 7.05 Å². The number of hydrogen-bond acceptors (Lipinski definition) is 6. The number of nitrogens with two attached hydrogens (primary N) is 1. The number of nitrogens with zero attached hydrogens (tertiary/aromatic N) is 4. The summed E-state index contributed by atoms with van der Waals surface area (Å²) in [6.07, 6.45) is 0. The molecule has 2 aromatic heterocycles. The Hall–Kier alpha value is -2.15. The average Bonchev–Trinajstić information content (AvgIpc) is 2.57. The highest BCUT2D eigenvalue weighted by atomic mass is 16.5. The molecule has 2 aromatic rings. The van der Waals surface area contributed by atoms with E-state index in [-0.39, 0.29) is 0 Å². The van der Waals surface area contributed by atoms with Crippen LogP contribution < -0.4 is 11.1 Å². The monoisotopic (exact) mass is 248 g/mol. The van der Waals surface area contributed by atoms with Gasteiger partial charge in [-0.15, -0.1) is 0 Å². The summed E-state index contributed by atoms with van der Waals surface area (Å²) in [7, 11) is 3.47. The van der Waals surface area contributed by atoms with E-state index in [4.69, 9.17) is 10.5 Å². The number of hydrogen-bond donors (Lipinski definition) is 2. The topological polar surface area (TPSA) is 90.9 Å². The van der Waals surface area contributed by atoms with Crippen LogP contribution in [0.5, 0.6) is 0 Å². The highest BCUT2D eigenvalue weighted by Crippen LogP contribution is 2.16. The standard InChI is InChI=1S/C11H16N6O/c1-7-4-10(16-17(7)2)14-9-5-8(12)13-11(15-9)6-18-3/h4-5H,6H2,1-3H3,(H3,12,13,14,15,16). The van der Waals surface area contributed by atoms with Crippen molar-refractivity contribution in [3.8, 4) is 0 Å². The van der Waals surface area contributed by atoms with Gasteiger partial charge in [0, 0.05) is 32.0 Å². The van der Waals surface area contributed by atoms with Crippen LogP contribution in [0.1, 0.15) is 11.5 Å². The van der Waals surface area contributed by atoms with Gasteiger partial charge in [-0.25, -0.2) is 9.97 Å². The molecule has 96 valence electrons. The Balaban J connectivity index is 2.22. The van der Waals surface area contributed by atoms with E-state index in [1.165, 1.54) is 0 Å². The summed E-state index contributed by atoms with van der Waals surface area (Å²) < 4.78 is 6.76. The van der Waals surface area contributed by atoms with Crippen LogP contribution in [0.3, 0.4) is 0 Å². The van der Waals surface area contributed by atoms with Crippen molar-refractivity contribution in [2.75, 3.05) is 18.2 Å². The first kappa shape index (κ1) is 12.3. The summed E-state index contributed by atoms with van der Waals surface area (Å²) >= 11 is 0. The predicted octanol–water partition coefficient (Wildman–Crippen LogP) is 0.991. The average molecular weight is 248 g/mol. The molecule has 2 heterocycles. The minimum atomic E-state index is 0.320. The zero-order valence-electron chi connectivity index (χ0n) is 10.6. The second kappa shape index (κ2) is 5.01. The lowest BCUT2D eigenvalue weighted by molar-refractivity contribution is 0.178. The van der Waals surface area contributed by atoms with Gasteiger partial charge in [-0.2, -0.15) is 5.10 Å². The molecule has 0 aliphatic carbocycles. The number of aromatic nitrogens is 4. The number of nitrogens with one attached hydrogen (secondary N) is 1. The molecule has 7 nitrogen and oxygen atoms in total. The number of nitrogen functional groups attached to an aromatic ring is 1. The van der Waals surface area contributed by atoms with E-state index >= 15 is 0 Å². The lowest BCUT2D eigenvalue weighted by Crippen LogP contribution is -2.04. The maximum atomic E-state index is 5.71. The fraction of sp³-hybridized carbons (Fsp3) is 0.364. The molecule has 0 bridgehead atoms. The lowest BCUT2D eigenvalue weighted by Gasteiger charge is -2.05. The molecule has 18 heavy (non-hydrogen) atoms. The third-order valence-electron chi connectivity index (χ3n) is 2.44. The van der Waals surface area contributed by atoms with Crippen molar-refractivity contribution in [3.63, 3.8) is 0 Å². The van der Waals surface area contributed by atoms with E-state index in [1.807, 2.05) is 20.0 Å². The fourth-order valence-electron chi connectivity index (χ4n) is 1.53. The summed E-state index contributed by atoms with van der Waals surface area (Å²) in [5.74, 6) is 2.25. The number of aryl methyl sites for hydroxylation is 2. The second-order valence-electron chi connectivity index (χ2n) is 3.95. The van der Waals surface area contributed by atoms with Gasteiger partial charge in [0.1, 0.15) is 18.2 Å². The number of anilines is 3. The van der Waals surface area contributed by atoms with Gasteiger partial charge in [-0.1, -0.05) is 0 Å². The Labute approximate surface area is 105 Å². The van der Waals surface area contributed by atoms with Crippen LogP contribution in [-0.4, -0.2) is 26.9 Å². The van der Waals surface area contributed by atoms with Gasteiger partial charge in [-0.3, -0.25) is 4.68 Å². The molecule has 0 fully saturated rings. The van der Waals surface area contributed by atoms with Crippen molar-refractivity contribution in [1.82, 2.24) is 19.7 Å². The van der Waals surface area contributed by atoms with Gasteiger partial charge < -0.3 is 15.8 Å². The Morgan fingerprint density at radius 2 is 2.11 bits per heavy atom. The van der Waals surface area contributed by atoms with Gasteiger partial charge in [0.25, 0.3) is 0 Å². The Morgan fingerprint density at radius 3 is 2.72 bits per heavy atom. The quantitative estimate of drug-likeness (QED) is 0.838. The summed E-state index contributed by atoms with van der Waals surface area (Å²) in [6.45, 7) is 2.30. The number of ether oxygens (including phenoxy) is 1. The van der Waals surface area contributed by atoms with Gasteiger partial charge in [0.2, 0.25) is 0 Å². The lowest BCUT2D eigenvalue weighted by atomic mass is 10.4. The van der Waals surface area contributed by atoms with Crippen LogP contribution >= 0.6 is 0 Å². The fourth-order valence-corrected chi connectivity index (χ4v) is 1.53. The molecule has 0 spiro atoms. The van der Waals surface area contributed by atoms with Crippen LogP contribution in [-0.2, 0) is 18.4 Å². The van der Waals surface area contributed by atoms with Crippen molar-refractivity contribution in [2.45, 2.75) is 13.5 Å². The van der Waals surface area contributed by atoms with Crippen molar-refractivity contribution in [1.29, 1.82) is 0 Å². The third-order valence-corrected chi connectivity index (χ3v) is 2.44. The first-order valence-corrected chi connectivity index (χ1v) is 5.48. The van der Waals surface area contributed by atoms with E-state index in [9.17, 15) is 0 Å². The zero-order chi connectivity index (χ0) is 13.1. The zero-order valence-corrected chi connectivity index (χ0v) is 10.6. The molecule has 2 rings (SSSR count). The van der Waals surface area contributed by atoms with Crippen LogP contribution in [0.15, 0.2) is 12.1 Å². The SMILES string of the molecule is COCc1nc(N)cc(Nc2cc(C)n(C)n2)n1. The van der Waals surface area contributed by atoms with E-state index < -0.39 is 0 Å². The van der Waals surface area contributed by atoms with E-state index in [1.54, 1.807) is 17.9 Å². The van der Waals surface area contributed by atoms with Gasteiger partial charge >= 0.3 is 0 Å². The Morgan fingerprint density at radius 1 is 1.33 bits per heavy atom. The first-order chi connectivity index (χ1) is 8.58. The maximum absolute atomic E-state index is 5.71. The number of rotatable bonds is 4. The molecule has 0 aromatic carbocycles. The molecule has 0 unspecified atom stereocenters. The molecule has 0 aliphatic heterocycles. The Kier molecular flexibility index (Phi) is 3.42. The summed E-state index contributed by atoms with van der Waals surface area (Å²) in [5, 5.41) is 7.37. The highest BCUT2D eigenvalue weighted by Gasteiger charge is 2.05. The van der Waals surface area contributed by atoms with Crippen LogP contribution in [0.4, 0.5) is 17.5 Å². The molecule has 0 radical (unpaired) electrons. The normalized spacial score (nSPS) is 10.6. The molecular formula is C11H16N6O. The molecule has 0 saturated carbocycles. The van der Waals surface area contributed by atoms with Gasteiger partial charge in [0.05, 0.1) is 0 Å². The van der Waals surface area contributed by atoms with Gasteiger partial charge in [0.15, 0.2) is 11.6 Å². The van der Waals surface area contributed by atoms with E-state index in [0.717, 1.165) is 11.5 Å². The smallest absolute Gasteiger partial charge is 0.158 e. The minimum absolute atomic E-state index is 0.320. The van der Waals surface area contributed by atoms with Crippen LogP contribution in [0, 0.1) is 6.92 Å². The molecule has 3 N–H and O–H groups in total. The first-order valence-electron chi connectivity index (χ1n) is 5.48. The van der Waals surface area contributed by atoms with E-state index in [2.05, 4.69) is 20.4 Å². The van der Waals surface area contributed by atoms with Crippen molar-refractivity contribution >= 4 is 17.5 Å². The number of methoxy groups -OCH3 is 1. The van der Waals surface area contributed by atoms with Gasteiger partial charge in [-0.05, 0) is 6.92 Å². The predicted molar refractivity (Wildman–Crippen MR) is 68.4 cm³/mol. The largest absolute Gasteiger partial charge is 0.384 e. The van der Waals surface area contributed by atoms with Crippen LogP contribution in [0.25, 0.3) is 0 Å². The van der Waals surface area contributed by atoms with Crippen LogP contribution in [0.2, 0.25) is 0 Å². The van der Waals surface area contributed by atoms with E-state index in [0.29, 0.717) is 24.1 Å². The summed E-state index contributed by atoms with van der Waals surface area (Å²) in [4.78, 5) is 8.35. The second-order valence-corrected chi connectivity index (χ2v) is 3.95. The molecule has 0 amide bonds.